The van der Waals surface area contributed by atoms with E-state index in [2.05, 4.69) is 10.6 Å². The summed E-state index contributed by atoms with van der Waals surface area (Å²) in [5, 5.41) is 16.5. The molecule has 1 aliphatic rings. The fourth-order valence-corrected chi connectivity index (χ4v) is 1.94. The highest BCUT2D eigenvalue weighted by Gasteiger charge is 2.21. The van der Waals surface area contributed by atoms with E-state index in [4.69, 9.17) is 0 Å². The molecule has 2 rings (SSSR count). The Morgan fingerprint density at radius 2 is 2.21 bits per heavy atom. The second-order valence-corrected chi connectivity index (χ2v) is 4.73. The number of carbonyl (C=O) groups is 1. The molecule has 0 heterocycles. The van der Waals surface area contributed by atoms with Crippen molar-refractivity contribution in [2.75, 3.05) is 18.9 Å². The van der Waals surface area contributed by atoms with Crippen LogP contribution in [0.3, 0.4) is 0 Å². The lowest BCUT2D eigenvalue weighted by Gasteiger charge is -2.08. The van der Waals surface area contributed by atoms with Crippen LogP contribution in [0, 0.1) is 16.0 Å². The number of amides is 1. The molecule has 1 fully saturated rings. The minimum atomic E-state index is -0.437. The molecule has 1 aromatic rings. The molecule has 102 valence electrons. The first-order valence-electron chi connectivity index (χ1n) is 6.36. The number of anilines is 1. The maximum absolute atomic E-state index is 11.5. The van der Waals surface area contributed by atoms with Gasteiger partial charge in [-0.05, 0) is 24.5 Å². The van der Waals surface area contributed by atoms with E-state index in [9.17, 15) is 14.9 Å². The van der Waals surface area contributed by atoms with Gasteiger partial charge in [0.1, 0.15) is 5.69 Å². The van der Waals surface area contributed by atoms with Gasteiger partial charge in [-0.25, -0.2) is 0 Å². The first-order valence-corrected chi connectivity index (χ1v) is 6.36. The van der Waals surface area contributed by atoms with Crippen molar-refractivity contribution in [1.82, 2.24) is 5.32 Å². The zero-order valence-electron chi connectivity index (χ0n) is 10.8. The van der Waals surface area contributed by atoms with E-state index in [0.29, 0.717) is 17.8 Å². The van der Waals surface area contributed by atoms with E-state index in [0.717, 1.165) is 12.3 Å². The molecule has 0 unspecified atom stereocenters. The van der Waals surface area contributed by atoms with Crippen molar-refractivity contribution >= 4 is 17.3 Å². The third-order valence-corrected chi connectivity index (χ3v) is 3.25. The van der Waals surface area contributed by atoms with Crippen molar-refractivity contribution in [2.45, 2.75) is 19.3 Å². The Kier molecular flexibility index (Phi) is 3.99. The average Bonchev–Trinajstić information content (AvgIpc) is 3.21. The normalized spacial score (nSPS) is 13.9. The lowest BCUT2D eigenvalue weighted by atomic mass is 10.1. The van der Waals surface area contributed by atoms with Crippen LogP contribution in [0.25, 0.3) is 0 Å². The predicted molar refractivity (Wildman–Crippen MR) is 72.3 cm³/mol. The van der Waals surface area contributed by atoms with Crippen LogP contribution in [-0.2, 0) is 0 Å². The number of nitro groups is 1. The highest BCUT2D eigenvalue weighted by atomic mass is 16.6. The Balaban J connectivity index is 2.14. The molecule has 0 radical (unpaired) electrons. The van der Waals surface area contributed by atoms with E-state index >= 15 is 0 Å². The molecule has 1 aromatic carbocycles. The Morgan fingerprint density at radius 1 is 1.47 bits per heavy atom. The molecule has 2 N–H and O–H groups in total. The number of nitro benzene ring substituents is 1. The van der Waals surface area contributed by atoms with Gasteiger partial charge in [0.05, 0.1) is 4.92 Å². The van der Waals surface area contributed by atoms with Gasteiger partial charge in [-0.15, -0.1) is 0 Å². The Bertz CT molecular complexity index is 498. The fourth-order valence-electron chi connectivity index (χ4n) is 1.94. The molecule has 0 aromatic heterocycles. The maximum Gasteiger partial charge on any atom is 0.292 e. The van der Waals surface area contributed by atoms with Gasteiger partial charge in [0, 0.05) is 25.2 Å². The first-order chi connectivity index (χ1) is 9.11. The van der Waals surface area contributed by atoms with Crippen LogP contribution in [0.5, 0.6) is 0 Å². The van der Waals surface area contributed by atoms with Gasteiger partial charge < -0.3 is 10.6 Å². The first kappa shape index (κ1) is 13.3. The minimum absolute atomic E-state index is 0.00319. The molecule has 0 bridgehead atoms. The zero-order chi connectivity index (χ0) is 13.8. The maximum atomic E-state index is 11.5. The fraction of sp³-hybridized carbons (Fsp3) is 0.462. The molecule has 1 saturated carbocycles. The molecule has 0 saturated heterocycles. The molecule has 6 heteroatoms. The third-order valence-electron chi connectivity index (χ3n) is 3.25. The van der Waals surface area contributed by atoms with Crippen molar-refractivity contribution < 1.29 is 9.72 Å². The van der Waals surface area contributed by atoms with Crippen LogP contribution >= 0.6 is 0 Å². The van der Waals surface area contributed by atoms with Crippen LogP contribution in [0.4, 0.5) is 11.4 Å². The molecule has 19 heavy (non-hydrogen) atoms. The second kappa shape index (κ2) is 5.69. The van der Waals surface area contributed by atoms with Gasteiger partial charge in [0.25, 0.3) is 11.6 Å². The topological polar surface area (TPSA) is 84.3 Å². The van der Waals surface area contributed by atoms with E-state index in [1.165, 1.54) is 38.1 Å². The third kappa shape index (κ3) is 3.43. The van der Waals surface area contributed by atoms with Gasteiger partial charge in [-0.3, -0.25) is 14.9 Å². The van der Waals surface area contributed by atoms with Crippen LogP contribution < -0.4 is 10.6 Å². The Hall–Kier alpha value is -2.11. The van der Waals surface area contributed by atoms with E-state index in [1.54, 1.807) is 0 Å². The molecule has 6 nitrogen and oxygen atoms in total. The second-order valence-electron chi connectivity index (χ2n) is 4.73. The summed E-state index contributed by atoms with van der Waals surface area (Å²) in [6, 6.07) is 4.36. The summed E-state index contributed by atoms with van der Waals surface area (Å²) >= 11 is 0. The molecule has 0 atom stereocenters. The highest BCUT2D eigenvalue weighted by Crippen LogP contribution is 2.33. The van der Waals surface area contributed by atoms with Crippen molar-refractivity contribution in [3.8, 4) is 0 Å². The van der Waals surface area contributed by atoms with Crippen LogP contribution in [0.1, 0.15) is 29.6 Å². The number of nitrogens with zero attached hydrogens (tertiary/aromatic N) is 1. The summed E-state index contributed by atoms with van der Waals surface area (Å²) in [7, 11) is 1.53. The SMILES string of the molecule is CNC(=O)c1ccc([N+](=O)[O-])c(NCCC2CC2)c1. The minimum Gasteiger partial charge on any atom is -0.379 e. The van der Waals surface area contributed by atoms with Gasteiger partial charge >= 0.3 is 0 Å². The van der Waals surface area contributed by atoms with Crippen molar-refractivity contribution in [3.05, 3.63) is 33.9 Å². The van der Waals surface area contributed by atoms with Gasteiger partial charge in [0.15, 0.2) is 0 Å². The van der Waals surface area contributed by atoms with Crippen LogP contribution in [0.2, 0.25) is 0 Å². The molecular weight excluding hydrogens is 246 g/mol. The molecule has 0 spiro atoms. The van der Waals surface area contributed by atoms with Gasteiger partial charge in [-0.2, -0.15) is 0 Å². The standard InChI is InChI=1S/C13H17N3O3/c1-14-13(17)10-4-5-12(16(18)19)11(8-10)15-7-6-9-2-3-9/h4-5,8-9,15H,2-3,6-7H2,1H3,(H,14,17). The highest BCUT2D eigenvalue weighted by molar-refractivity contribution is 5.95. The summed E-state index contributed by atoms with van der Waals surface area (Å²) < 4.78 is 0. The Labute approximate surface area is 111 Å². The van der Waals surface area contributed by atoms with E-state index in [1.807, 2.05) is 0 Å². The summed E-state index contributed by atoms with van der Waals surface area (Å²) in [4.78, 5) is 22.0. The summed E-state index contributed by atoms with van der Waals surface area (Å²) in [5.41, 5.74) is 0.831. The number of rotatable bonds is 6. The number of hydrogen-bond acceptors (Lipinski definition) is 4. The summed E-state index contributed by atoms with van der Waals surface area (Å²) in [5.74, 6) is 0.508. The van der Waals surface area contributed by atoms with Crippen molar-refractivity contribution in [3.63, 3.8) is 0 Å². The van der Waals surface area contributed by atoms with Crippen LogP contribution in [0.15, 0.2) is 18.2 Å². The number of benzene rings is 1. The zero-order valence-corrected chi connectivity index (χ0v) is 10.8. The average molecular weight is 263 g/mol. The Morgan fingerprint density at radius 3 is 2.79 bits per heavy atom. The number of hydrogen-bond donors (Lipinski definition) is 2. The number of carbonyl (C=O) groups excluding carboxylic acids is 1. The number of nitrogens with one attached hydrogen (secondary N) is 2. The predicted octanol–water partition coefficient (Wildman–Crippen LogP) is 2.17. The smallest absolute Gasteiger partial charge is 0.292 e. The van der Waals surface area contributed by atoms with Crippen molar-refractivity contribution in [2.24, 2.45) is 5.92 Å². The van der Waals surface area contributed by atoms with Crippen LogP contribution in [-0.4, -0.2) is 24.4 Å². The van der Waals surface area contributed by atoms with Crippen molar-refractivity contribution in [1.29, 1.82) is 0 Å². The largest absolute Gasteiger partial charge is 0.379 e. The lowest BCUT2D eigenvalue weighted by Crippen LogP contribution is -2.18. The summed E-state index contributed by atoms with van der Waals surface area (Å²) in [6.07, 6.45) is 3.52. The molecule has 0 aliphatic heterocycles. The quantitative estimate of drug-likeness (QED) is 0.608. The van der Waals surface area contributed by atoms with E-state index in [-0.39, 0.29) is 11.6 Å². The van der Waals surface area contributed by atoms with Gasteiger partial charge in [-0.1, -0.05) is 12.8 Å². The summed E-state index contributed by atoms with van der Waals surface area (Å²) in [6.45, 7) is 0.697. The lowest BCUT2D eigenvalue weighted by molar-refractivity contribution is -0.384. The molecule has 1 aliphatic carbocycles. The molecular formula is C13H17N3O3. The monoisotopic (exact) mass is 263 g/mol. The molecule has 1 amide bonds. The van der Waals surface area contributed by atoms with Gasteiger partial charge in [0.2, 0.25) is 0 Å². The van der Waals surface area contributed by atoms with E-state index < -0.39 is 4.92 Å².